The van der Waals surface area contributed by atoms with Gasteiger partial charge in [-0.15, -0.1) is 0 Å². The normalized spacial score (nSPS) is 18.5. The number of nitrogens with zero attached hydrogens (tertiary/aromatic N) is 3. The Hall–Kier alpha value is -2.83. The Morgan fingerprint density at radius 2 is 2.07 bits per heavy atom. The number of hydrogen-bond acceptors (Lipinski definition) is 4. The molecule has 2 aromatic heterocycles. The summed E-state index contributed by atoms with van der Waals surface area (Å²) in [5, 5.41) is 7.40. The van der Waals surface area contributed by atoms with Gasteiger partial charge in [-0.3, -0.25) is 9.48 Å². The first-order valence-corrected chi connectivity index (χ1v) is 9.70. The molecule has 0 radical (unpaired) electrons. The molecule has 1 saturated heterocycles. The Balaban J connectivity index is 1.71. The first-order chi connectivity index (χ1) is 13.2. The summed E-state index contributed by atoms with van der Waals surface area (Å²) in [5.41, 5.74) is 3.71. The highest BCUT2D eigenvalue weighted by Gasteiger charge is 2.28. The number of aryl methyl sites for hydroxylation is 1. The minimum atomic E-state index is -0.0910. The fraction of sp³-hybridized carbons (Fsp3) is 0.476. The van der Waals surface area contributed by atoms with E-state index in [2.05, 4.69) is 53.4 Å². The van der Waals surface area contributed by atoms with Gasteiger partial charge in [0.2, 0.25) is 5.91 Å². The molecule has 1 fully saturated rings. The van der Waals surface area contributed by atoms with E-state index in [1.807, 2.05) is 30.8 Å². The predicted octanol–water partition coefficient (Wildman–Crippen LogP) is 3.39. The second kappa shape index (κ2) is 6.65. The van der Waals surface area contributed by atoms with Gasteiger partial charge in [0.15, 0.2) is 0 Å². The third-order valence-corrected chi connectivity index (χ3v) is 5.26. The van der Waals surface area contributed by atoms with Gasteiger partial charge in [-0.1, -0.05) is 0 Å². The van der Waals surface area contributed by atoms with Crippen molar-refractivity contribution in [1.29, 1.82) is 0 Å². The Kier molecular flexibility index (Phi) is 4.40. The monoisotopic (exact) mass is 381 g/mol. The van der Waals surface area contributed by atoms with Crippen molar-refractivity contribution in [3.8, 4) is 16.9 Å². The minimum absolute atomic E-state index is 0.0806. The van der Waals surface area contributed by atoms with Crippen LogP contribution in [0.4, 0.5) is 0 Å². The molecule has 3 heterocycles. The molecule has 7 nitrogen and oxygen atoms in total. The van der Waals surface area contributed by atoms with Crippen LogP contribution < -0.4 is 10.1 Å². The van der Waals surface area contributed by atoms with Gasteiger partial charge in [-0.05, 0) is 52.3 Å². The standard InChI is InChI=1S/C21H27N5O2/c1-12(15-8-19(27)22-9-15)28-18-7-14(6-17-20(18)25-13(2)24-17)16-10-23-26(11-16)21(3,4)5/h6-7,10-12,15H,8-9H2,1-5H3,(H,22,27)(H,24,25)/t12-,15-/m1/s1. The van der Waals surface area contributed by atoms with Crippen LogP contribution >= 0.6 is 0 Å². The van der Waals surface area contributed by atoms with Gasteiger partial charge >= 0.3 is 0 Å². The molecule has 1 aliphatic heterocycles. The lowest BCUT2D eigenvalue weighted by molar-refractivity contribution is -0.119. The van der Waals surface area contributed by atoms with Crippen molar-refractivity contribution in [2.45, 2.75) is 52.7 Å². The largest absolute Gasteiger partial charge is 0.488 e. The van der Waals surface area contributed by atoms with Gasteiger partial charge in [-0.2, -0.15) is 5.10 Å². The summed E-state index contributed by atoms with van der Waals surface area (Å²) in [6, 6.07) is 4.10. The molecule has 0 bridgehead atoms. The molecular formula is C21H27N5O2. The van der Waals surface area contributed by atoms with Crippen LogP contribution in [0.15, 0.2) is 24.5 Å². The Bertz CT molecular complexity index is 1030. The summed E-state index contributed by atoms with van der Waals surface area (Å²) in [6.45, 7) is 11.0. The molecule has 148 valence electrons. The van der Waals surface area contributed by atoms with Crippen molar-refractivity contribution >= 4 is 16.9 Å². The predicted molar refractivity (Wildman–Crippen MR) is 108 cm³/mol. The molecule has 0 spiro atoms. The number of carbonyl (C=O) groups is 1. The number of fused-ring (bicyclic) bond motifs is 1. The quantitative estimate of drug-likeness (QED) is 0.725. The first-order valence-electron chi connectivity index (χ1n) is 9.70. The molecule has 4 rings (SSSR count). The van der Waals surface area contributed by atoms with Crippen LogP contribution in [0.3, 0.4) is 0 Å². The molecule has 28 heavy (non-hydrogen) atoms. The van der Waals surface area contributed by atoms with Crippen molar-refractivity contribution in [1.82, 2.24) is 25.1 Å². The van der Waals surface area contributed by atoms with Crippen LogP contribution in [0.25, 0.3) is 22.2 Å². The third kappa shape index (κ3) is 3.48. The van der Waals surface area contributed by atoms with Gasteiger partial charge < -0.3 is 15.0 Å². The molecular weight excluding hydrogens is 354 g/mol. The van der Waals surface area contributed by atoms with E-state index in [0.29, 0.717) is 13.0 Å². The fourth-order valence-electron chi connectivity index (χ4n) is 3.56. The number of imidazole rings is 1. The number of carbonyl (C=O) groups excluding carboxylic acids is 1. The number of amides is 1. The number of hydrogen-bond donors (Lipinski definition) is 2. The molecule has 0 aliphatic carbocycles. The van der Waals surface area contributed by atoms with Crippen molar-refractivity contribution in [3.05, 3.63) is 30.4 Å². The number of rotatable bonds is 4. The van der Waals surface area contributed by atoms with Gasteiger partial charge in [0.25, 0.3) is 0 Å². The summed E-state index contributed by atoms with van der Waals surface area (Å²) < 4.78 is 8.27. The highest BCUT2D eigenvalue weighted by Crippen LogP contribution is 2.33. The average molecular weight is 381 g/mol. The van der Waals surface area contributed by atoms with Crippen LogP contribution in [0, 0.1) is 12.8 Å². The summed E-state index contributed by atoms with van der Waals surface area (Å²) in [5.74, 6) is 1.82. The third-order valence-electron chi connectivity index (χ3n) is 5.26. The van der Waals surface area contributed by atoms with E-state index in [1.54, 1.807) is 0 Å². The highest BCUT2D eigenvalue weighted by atomic mass is 16.5. The van der Waals surface area contributed by atoms with Crippen molar-refractivity contribution in [2.75, 3.05) is 6.54 Å². The van der Waals surface area contributed by atoms with Crippen molar-refractivity contribution in [2.24, 2.45) is 5.92 Å². The molecule has 1 amide bonds. The molecule has 0 unspecified atom stereocenters. The second-order valence-corrected chi connectivity index (χ2v) is 8.63. The Labute approximate surface area is 164 Å². The van der Waals surface area contributed by atoms with Gasteiger partial charge in [0, 0.05) is 30.6 Å². The number of benzene rings is 1. The van der Waals surface area contributed by atoms with Gasteiger partial charge in [-0.25, -0.2) is 4.98 Å². The molecule has 7 heteroatoms. The topological polar surface area (TPSA) is 84.8 Å². The zero-order chi connectivity index (χ0) is 20.1. The van der Waals surface area contributed by atoms with E-state index < -0.39 is 0 Å². The smallest absolute Gasteiger partial charge is 0.220 e. The molecule has 1 aromatic carbocycles. The van der Waals surface area contributed by atoms with E-state index in [9.17, 15) is 4.79 Å². The number of ether oxygens (including phenoxy) is 1. The van der Waals surface area contributed by atoms with E-state index in [-0.39, 0.29) is 23.5 Å². The molecule has 3 aromatic rings. The van der Waals surface area contributed by atoms with E-state index in [1.165, 1.54) is 0 Å². The number of nitrogens with one attached hydrogen (secondary N) is 2. The maximum absolute atomic E-state index is 11.6. The van der Waals surface area contributed by atoms with Gasteiger partial charge in [0.05, 0.1) is 17.3 Å². The zero-order valence-corrected chi connectivity index (χ0v) is 17.0. The minimum Gasteiger partial charge on any atom is -0.488 e. The number of H-pyrrole nitrogens is 1. The molecule has 1 aliphatic rings. The molecule has 2 N–H and O–H groups in total. The van der Waals surface area contributed by atoms with Crippen LogP contribution in [0.1, 0.15) is 39.9 Å². The lowest BCUT2D eigenvalue weighted by Crippen LogP contribution is -2.25. The van der Waals surface area contributed by atoms with E-state index in [4.69, 9.17) is 4.74 Å². The summed E-state index contributed by atoms with van der Waals surface area (Å²) in [7, 11) is 0. The van der Waals surface area contributed by atoms with Crippen LogP contribution in [0.5, 0.6) is 5.75 Å². The lowest BCUT2D eigenvalue weighted by Gasteiger charge is -2.20. The highest BCUT2D eigenvalue weighted by molar-refractivity contribution is 5.87. The van der Waals surface area contributed by atoms with Crippen LogP contribution in [-0.4, -0.2) is 38.3 Å². The van der Waals surface area contributed by atoms with E-state index >= 15 is 0 Å². The summed E-state index contributed by atoms with van der Waals surface area (Å²) in [4.78, 5) is 19.5. The second-order valence-electron chi connectivity index (χ2n) is 8.63. The zero-order valence-electron chi connectivity index (χ0n) is 17.0. The van der Waals surface area contributed by atoms with Crippen molar-refractivity contribution < 1.29 is 9.53 Å². The fourth-order valence-corrected chi connectivity index (χ4v) is 3.56. The average Bonchev–Trinajstić information content (AvgIpc) is 3.32. The lowest BCUT2D eigenvalue weighted by atomic mass is 10.0. The van der Waals surface area contributed by atoms with Gasteiger partial charge in [0.1, 0.15) is 23.2 Å². The SMILES string of the molecule is Cc1nc2c(O[C@H](C)[C@H]3CNC(=O)C3)cc(-c3cnn(C(C)(C)C)c3)cc2[nH]1. The number of aromatic nitrogens is 4. The van der Waals surface area contributed by atoms with Crippen molar-refractivity contribution in [3.63, 3.8) is 0 Å². The maximum atomic E-state index is 11.6. The molecule has 2 atom stereocenters. The number of aromatic amines is 1. The van der Waals surface area contributed by atoms with Crippen LogP contribution in [-0.2, 0) is 10.3 Å². The van der Waals surface area contributed by atoms with E-state index in [0.717, 1.165) is 33.7 Å². The summed E-state index contributed by atoms with van der Waals surface area (Å²) >= 11 is 0. The Morgan fingerprint density at radius 1 is 1.29 bits per heavy atom. The Morgan fingerprint density at radius 3 is 2.71 bits per heavy atom. The summed E-state index contributed by atoms with van der Waals surface area (Å²) in [6.07, 6.45) is 4.34. The molecule has 0 saturated carbocycles. The van der Waals surface area contributed by atoms with Crippen LogP contribution in [0.2, 0.25) is 0 Å². The first kappa shape index (κ1) is 18.5. The maximum Gasteiger partial charge on any atom is 0.220 e.